The van der Waals surface area contributed by atoms with Crippen molar-refractivity contribution in [1.29, 1.82) is 0 Å². The molecule has 1 N–H and O–H groups in total. The molecule has 6 nitrogen and oxygen atoms in total. The Balaban J connectivity index is 2.12. The molecule has 0 spiro atoms. The van der Waals surface area contributed by atoms with Gasteiger partial charge in [-0.1, -0.05) is 51.1 Å². The van der Waals surface area contributed by atoms with Crippen LogP contribution in [0.3, 0.4) is 0 Å². The fraction of sp³-hybridized carbons (Fsp3) is 0.556. The highest BCUT2D eigenvalue weighted by Gasteiger charge is 2.30. The molecule has 8 heteroatoms. The smallest absolute Gasteiger partial charge is 0.286 e. The molecule has 1 aromatic rings. The normalized spacial score (nSPS) is 15.5. The van der Waals surface area contributed by atoms with Crippen molar-refractivity contribution in [2.75, 3.05) is 23.7 Å². The minimum absolute atomic E-state index is 0.106. The molecule has 1 aliphatic heterocycles. The van der Waals surface area contributed by atoms with Crippen LogP contribution in [0.2, 0.25) is 0 Å². The molecule has 1 amide bonds. The van der Waals surface area contributed by atoms with E-state index in [0.29, 0.717) is 29.9 Å². The molecule has 0 atom stereocenters. The minimum atomic E-state index is -3.73. The zero-order valence-electron chi connectivity index (χ0n) is 15.6. The van der Waals surface area contributed by atoms with Crippen molar-refractivity contribution in [2.24, 2.45) is 10.3 Å². The summed E-state index contributed by atoms with van der Waals surface area (Å²) in [5, 5.41) is 3.24. The van der Waals surface area contributed by atoms with Gasteiger partial charge in [0, 0.05) is 13.1 Å². The molecule has 0 aromatic heterocycles. The lowest BCUT2D eigenvalue weighted by Crippen LogP contribution is -2.36. The van der Waals surface area contributed by atoms with Crippen molar-refractivity contribution in [3.05, 3.63) is 24.3 Å². The van der Waals surface area contributed by atoms with E-state index < -0.39 is 10.0 Å². The lowest BCUT2D eigenvalue weighted by molar-refractivity contribution is -0.118. The predicted octanol–water partition coefficient (Wildman–Crippen LogP) is 3.25. The van der Waals surface area contributed by atoms with Crippen LogP contribution in [-0.2, 0) is 14.8 Å². The number of carbonyl (C=O) groups is 1. The molecule has 0 fully saturated rings. The summed E-state index contributed by atoms with van der Waals surface area (Å²) in [5.41, 5.74) is 0.638. The number of unbranched alkanes of at least 4 members (excludes halogenated alkanes) is 1. The van der Waals surface area contributed by atoms with E-state index in [2.05, 4.69) is 30.5 Å². The lowest BCUT2D eigenvalue weighted by atomic mass is 10.1. The molecule has 1 heterocycles. The van der Waals surface area contributed by atoms with Gasteiger partial charge in [0.1, 0.15) is 4.90 Å². The van der Waals surface area contributed by atoms with Crippen molar-refractivity contribution < 1.29 is 13.2 Å². The molecular weight excluding hydrogens is 370 g/mol. The number of benzene rings is 1. The standard InChI is InChI=1S/C18H27N3O3S2/c1-4-5-12-21-15-8-6-7-9-16(15)26(23,24)20-18(21)25-13-17(22)19-11-10-14(2)3/h6-9,14H,4-5,10-13H2,1-3H3,(H,19,22). The second-order valence-corrected chi connectivity index (χ2v) is 9.16. The van der Waals surface area contributed by atoms with Crippen LogP contribution in [0.5, 0.6) is 0 Å². The van der Waals surface area contributed by atoms with Crippen LogP contribution in [-0.4, -0.2) is 38.3 Å². The van der Waals surface area contributed by atoms with Crippen molar-refractivity contribution in [3.63, 3.8) is 0 Å². The average molecular weight is 398 g/mol. The molecule has 0 saturated heterocycles. The number of amides is 1. The predicted molar refractivity (Wildman–Crippen MR) is 108 cm³/mol. The highest BCUT2D eigenvalue weighted by Crippen LogP contribution is 2.34. The number of thioether (sulfide) groups is 1. The Labute approximate surface area is 160 Å². The molecule has 0 saturated carbocycles. The molecular formula is C18H27N3O3S2. The molecule has 144 valence electrons. The number of para-hydroxylation sites is 1. The van der Waals surface area contributed by atoms with Gasteiger partial charge in [-0.05, 0) is 30.9 Å². The van der Waals surface area contributed by atoms with E-state index >= 15 is 0 Å². The molecule has 1 aliphatic rings. The fourth-order valence-electron chi connectivity index (χ4n) is 2.52. The molecule has 0 unspecified atom stereocenters. The quantitative estimate of drug-likeness (QED) is 0.728. The van der Waals surface area contributed by atoms with Crippen LogP contribution >= 0.6 is 11.8 Å². The molecule has 1 aromatic carbocycles. The third-order valence-electron chi connectivity index (χ3n) is 3.97. The average Bonchev–Trinajstić information content (AvgIpc) is 2.59. The topological polar surface area (TPSA) is 78.8 Å². The number of amidine groups is 1. The van der Waals surface area contributed by atoms with Crippen molar-refractivity contribution in [3.8, 4) is 0 Å². The van der Waals surface area contributed by atoms with Crippen LogP contribution in [0.1, 0.15) is 40.0 Å². The van der Waals surface area contributed by atoms with Gasteiger partial charge in [0.15, 0.2) is 5.17 Å². The lowest BCUT2D eigenvalue weighted by Gasteiger charge is -2.30. The SMILES string of the molecule is CCCCN1C(SCC(=O)NCCC(C)C)=NS(=O)(=O)c2ccccc21. The number of hydrogen-bond acceptors (Lipinski definition) is 5. The molecule has 0 bridgehead atoms. The number of nitrogens with one attached hydrogen (secondary N) is 1. The maximum Gasteiger partial charge on any atom is 0.286 e. The van der Waals surface area contributed by atoms with Crippen LogP contribution in [0, 0.1) is 5.92 Å². The van der Waals surface area contributed by atoms with Crippen LogP contribution in [0.25, 0.3) is 0 Å². The Bertz CT molecular complexity index is 761. The van der Waals surface area contributed by atoms with Gasteiger partial charge in [-0.2, -0.15) is 8.42 Å². The van der Waals surface area contributed by atoms with Crippen LogP contribution in [0.4, 0.5) is 5.69 Å². The third-order valence-corrected chi connectivity index (χ3v) is 6.38. The third kappa shape index (κ3) is 5.48. The van der Waals surface area contributed by atoms with Crippen molar-refractivity contribution in [1.82, 2.24) is 5.32 Å². The van der Waals surface area contributed by atoms with Gasteiger partial charge in [-0.3, -0.25) is 4.79 Å². The van der Waals surface area contributed by atoms with E-state index in [1.807, 2.05) is 11.0 Å². The highest BCUT2D eigenvalue weighted by molar-refractivity contribution is 8.15. The van der Waals surface area contributed by atoms with Gasteiger partial charge < -0.3 is 10.2 Å². The van der Waals surface area contributed by atoms with E-state index in [1.54, 1.807) is 18.2 Å². The summed E-state index contributed by atoms with van der Waals surface area (Å²) in [6, 6.07) is 6.89. The summed E-state index contributed by atoms with van der Waals surface area (Å²) < 4.78 is 28.9. The molecule has 26 heavy (non-hydrogen) atoms. The van der Waals surface area contributed by atoms with E-state index in [4.69, 9.17) is 0 Å². The van der Waals surface area contributed by atoms with Gasteiger partial charge in [-0.25, -0.2) is 0 Å². The summed E-state index contributed by atoms with van der Waals surface area (Å²) in [7, 11) is -3.73. The summed E-state index contributed by atoms with van der Waals surface area (Å²) in [6.07, 6.45) is 2.81. The number of rotatable bonds is 8. The van der Waals surface area contributed by atoms with Gasteiger partial charge in [0.05, 0.1) is 11.4 Å². The first-order valence-corrected chi connectivity index (χ1v) is 11.4. The summed E-state index contributed by atoms with van der Waals surface area (Å²) >= 11 is 1.17. The maximum atomic E-state index is 12.5. The number of nitrogens with zero attached hydrogens (tertiary/aromatic N) is 2. The largest absolute Gasteiger partial charge is 0.355 e. The number of sulfonamides is 1. The van der Waals surface area contributed by atoms with E-state index in [-0.39, 0.29) is 16.6 Å². The Kier molecular flexibility index (Phi) is 7.52. The first-order chi connectivity index (χ1) is 12.3. The Morgan fingerprint density at radius 1 is 1.31 bits per heavy atom. The first kappa shape index (κ1) is 20.8. The zero-order chi connectivity index (χ0) is 19.2. The first-order valence-electron chi connectivity index (χ1n) is 8.96. The summed E-state index contributed by atoms with van der Waals surface area (Å²) in [6.45, 7) is 7.59. The summed E-state index contributed by atoms with van der Waals surface area (Å²) in [4.78, 5) is 14.2. The number of hydrogen-bond donors (Lipinski definition) is 1. The van der Waals surface area contributed by atoms with Crippen molar-refractivity contribution >= 4 is 38.5 Å². The van der Waals surface area contributed by atoms with E-state index in [1.165, 1.54) is 11.8 Å². The van der Waals surface area contributed by atoms with Gasteiger partial charge in [0.25, 0.3) is 10.0 Å². The monoisotopic (exact) mass is 397 g/mol. The minimum Gasteiger partial charge on any atom is -0.355 e. The van der Waals surface area contributed by atoms with Crippen LogP contribution < -0.4 is 10.2 Å². The Morgan fingerprint density at radius 3 is 2.73 bits per heavy atom. The van der Waals surface area contributed by atoms with Gasteiger partial charge >= 0.3 is 0 Å². The highest BCUT2D eigenvalue weighted by atomic mass is 32.2. The Morgan fingerprint density at radius 2 is 2.04 bits per heavy atom. The van der Waals surface area contributed by atoms with Gasteiger partial charge in [-0.15, -0.1) is 4.40 Å². The van der Waals surface area contributed by atoms with Crippen molar-refractivity contribution in [2.45, 2.75) is 44.9 Å². The molecule has 0 radical (unpaired) electrons. The van der Waals surface area contributed by atoms with Gasteiger partial charge in [0.2, 0.25) is 5.91 Å². The number of anilines is 1. The molecule has 2 rings (SSSR count). The van der Waals surface area contributed by atoms with Crippen LogP contribution in [0.15, 0.2) is 33.6 Å². The number of fused-ring (bicyclic) bond motifs is 1. The fourth-order valence-corrected chi connectivity index (χ4v) is 4.83. The second kappa shape index (κ2) is 9.41. The second-order valence-electron chi connectivity index (χ2n) is 6.64. The maximum absolute atomic E-state index is 12.5. The Hall–Kier alpha value is -1.54. The molecule has 0 aliphatic carbocycles. The number of carbonyl (C=O) groups excluding carboxylic acids is 1. The van der Waals surface area contributed by atoms with E-state index in [0.717, 1.165) is 19.3 Å². The van der Waals surface area contributed by atoms with E-state index in [9.17, 15) is 13.2 Å². The zero-order valence-corrected chi connectivity index (χ0v) is 17.2. The summed E-state index contributed by atoms with van der Waals surface area (Å²) in [5.74, 6) is 0.568.